The van der Waals surface area contributed by atoms with Crippen molar-refractivity contribution in [3.05, 3.63) is 58.6 Å². The lowest BCUT2D eigenvalue weighted by molar-refractivity contribution is -0.116. The van der Waals surface area contributed by atoms with Gasteiger partial charge in [0.25, 0.3) is 0 Å². The van der Waals surface area contributed by atoms with Crippen molar-refractivity contribution in [1.82, 2.24) is 10.6 Å². The largest absolute Gasteiger partial charge is 0.496 e. The zero-order valence-electron chi connectivity index (χ0n) is 15.6. The summed E-state index contributed by atoms with van der Waals surface area (Å²) in [6.07, 6.45) is 1.16. The first-order chi connectivity index (χ1) is 13.1. The Morgan fingerprint density at radius 2 is 1.78 bits per heavy atom. The lowest BCUT2D eigenvalue weighted by Gasteiger charge is -2.13. The van der Waals surface area contributed by atoms with E-state index in [0.29, 0.717) is 25.5 Å². The number of hydrogen-bond donors (Lipinski definition) is 3. The van der Waals surface area contributed by atoms with Gasteiger partial charge in [0.15, 0.2) is 5.96 Å². The van der Waals surface area contributed by atoms with Crippen molar-refractivity contribution in [2.45, 2.75) is 12.8 Å². The van der Waals surface area contributed by atoms with Crippen LogP contribution in [0.15, 0.2) is 58.0 Å². The van der Waals surface area contributed by atoms with Gasteiger partial charge in [0, 0.05) is 36.7 Å². The monoisotopic (exact) mass is 432 g/mol. The zero-order chi connectivity index (χ0) is 19.5. The minimum atomic E-state index is -0.0469. The van der Waals surface area contributed by atoms with E-state index in [1.165, 1.54) is 0 Å². The normalized spacial score (nSPS) is 11.0. The molecule has 7 heteroatoms. The van der Waals surface area contributed by atoms with Gasteiger partial charge in [-0.25, -0.2) is 0 Å². The molecule has 27 heavy (non-hydrogen) atoms. The van der Waals surface area contributed by atoms with Crippen molar-refractivity contribution in [2.75, 3.05) is 32.6 Å². The van der Waals surface area contributed by atoms with Crippen LogP contribution in [0.3, 0.4) is 0 Å². The Labute approximate surface area is 168 Å². The molecule has 0 radical (unpaired) electrons. The van der Waals surface area contributed by atoms with Crippen LogP contribution in [-0.2, 0) is 11.2 Å². The number of carbonyl (C=O) groups excluding carboxylic acids is 1. The summed E-state index contributed by atoms with van der Waals surface area (Å²) in [6.45, 7) is 1.21. The van der Waals surface area contributed by atoms with E-state index in [1.807, 2.05) is 48.5 Å². The Kier molecular flexibility index (Phi) is 8.64. The minimum absolute atomic E-state index is 0.0469. The summed E-state index contributed by atoms with van der Waals surface area (Å²) in [6, 6.07) is 15.4. The fourth-order valence-corrected chi connectivity index (χ4v) is 2.76. The lowest BCUT2D eigenvalue weighted by Crippen LogP contribution is -2.39. The third kappa shape index (κ3) is 7.30. The number of aliphatic imine (C=N–C) groups is 1. The van der Waals surface area contributed by atoms with E-state index in [2.05, 4.69) is 36.9 Å². The molecule has 2 aromatic carbocycles. The first-order valence-electron chi connectivity index (χ1n) is 8.74. The number of rotatable bonds is 8. The minimum Gasteiger partial charge on any atom is -0.496 e. The van der Waals surface area contributed by atoms with Crippen molar-refractivity contribution in [3.8, 4) is 5.75 Å². The van der Waals surface area contributed by atoms with E-state index >= 15 is 0 Å². The fraction of sp³-hybridized carbons (Fsp3) is 0.300. The molecule has 0 heterocycles. The molecule has 0 saturated carbocycles. The molecule has 3 N–H and O–H groups in total. The van der Waals surface area contributed by atoms with Gasteiger partial charge >= 0.3 is 0 Å². The number of amides is 1. The number of anilines is 1. The Morgan fingerprint density at radius 3 is 2.48 bits per heavy atom. The summed E-state index contributed by atoms with van der Waals surface area (Å²) in [5, 5.41) is 9.26. The number of methoxy groups -OCH3 is 1. The van der Waals surface area contributed by atoms with Gasteiger partial charge in [0.2, 0.25) is 5.91 Å². The quantitative estimate of drug-likeness (QED) is 0.442. The molecule has 6 nitrogen and oxygen atoms in total. The predicted molar refractivity (Wildman–Crippen MR) is 113 cm³/mol. The Hall–Kier alpha value is -2.54. The highest BCUT2D eigenvalue weighted by Gasteiger charge is 2.05. The van der Waals surface area contributed by atoms with Gasteiger partial charge in [0.1, 0.15) is 5.75 Å². The number of para-hydroxylation sites is 1. The molecular formula is C20H25BrN4O2. The number of nitrogens with one attached hydrogen (secondary N) is 3. The number of ether oxygens (including phenoxy) is 1. The van der Waals surface area contributed by atoms with Gasteiger partial charge in [-0.3, -0.25) is 9.79 Å². The Balaban J connectivity index is 1.69. The maximum Gasteiger partial charge on any atom is 0.226 e. The number of hydrogen-bond acceptors (Lipinski definition) is 3. The Morgan fingerprint density at radius 1 is 1.07 bits per heavy atom. The fourth-order valence-electron chi connectivity index (χ4n) is 2.50. The van der Waals surface area contributed by atoms with Gasteiger partial charge in [-0.2, -0.15) is 0 Å². The molecule has 0 aliphatic carbocycles. The van der Waals surface area contributed by atoms with Crippen LogP contribution in [-0.4, -0.2) is 39.1 Å². The standard InChI is InChI=1S/C20H25BrN4O2/c1-22-20(23-13-11-15-5-3-4-6-18(15)27-2)24-14-12-19(26)25-17-9-7-16(21)8-10-17/h3-10H,11-14H2,1-2H3,(H,25,26)(H2,22,23,24). The summed E-state index contributed by atoms with van der Waals surface area (Å²) < 4.78 is 6.33. The third-order valence-electron chi connectivity index (χ3n) is 3.88. The molecule has 144 valence electrons. The molecule has 1 amide bonds. The van der Waals surface area contributed by atoms with Crippen LogP contribution < -0.4 is 20.7 Å². The van der Waals surface area contributed by atoms with Crippen LogP contribution in [0.2, 0.25) is 0 Å². The second kappa shape index (κ2) is 11.2. The smallest absolute Gasteiger partial charge is 0.226 e. The summed E-state index contributed by atoms with van der Waals surface area (Å²) in [4.78, 5) is 16.2. The molecule has 0 aromatic heterocycles. The number of carbonyl (C=O) groups is 1. The highest BCUT2D eigenvalue weighted by Crippen LogP contribution is 2.17. The van der Waals surface area contributed by atoms with Crippen molar-refractivity contribution >= 4 is 33.5 Å². The van der Waals surface area contributed by atoms with Crippen molar-refractivity contribution in [1.29, 1.82) is 0 Å². The van der Waals surface area contributed by atoms with Crippen LogP contribution in [0, 0.1) is 0 Å². The first kappa shape index (κ1) is 20.8. The van der Waals surface area contributed by atoms with Crippen LogP contribution in [0.25, 0.3) is 0 Å². The van der Waals surface area contributed by atoms with E-state index in [4.69, 9.17) is 4.74 Å². The molecular weight excluding hydrogens is 408 g/mol. The van der Waals surface area contributed by atoms with Crippen LogP contribution >= 0.6 is 15.9 Å². The second-order valence-corrected chi connectivity index (χ2v) is 6.71. The SMILES string of the molecule is CN=C(NCCC(=O)Nc1ccc(Br)cc1)NCCc1ccccc1OC. The van der Waals surface area contributed by atoms with Crippen molar-refractivity contribution < 1.29 is 9.53 Å². The highest BCUT2D eigenvalue weighted by atomic mass is 79.9. The topological polar surface area (TPSA) is 74.8 Å². The molecule has 0 saturated heterocycles. The molecule has 0 bridgehead atoms. The molecule has 0 unspecified atom stereocenters. The lowest BCUT2D eigenvalue weighted by atomic mass is 10.1. The van der Waals surface area contributed by atoms with E-state index in [0.717, 1.165) is 27.9 Å². The summed E-state index contributed by atoms with van der Waals surface area (Å²) in [5.41, 5.74) is 1.92. The summed E-state index contributed by atoms with van der Waals surface area (Å²) in [7, 11) is 3.38. The van der Waals surface area contributed by atoms with E-state index in [1.54, 1.807) is 14.2 Å². The highest BCUT2D eigenvalue weighted by molar-refractivity contribution is 9.10. The van der Waals surface area contributed by atoms with E-state index in [9.17, 15) is 4.79 Å². The van der Waals surface area contributed by atoms with Crippen LogP contribution in [0.1, 0.15) is 12.0 Å². The second-order valence-electron chi connectivity index (χ2n) is 5.79. The molecule has 0 atom stereocenters. The van der Waals surface area contributed by atoms with E-state index < -0.39 is 0 Å². The number of guanidine groups is 1. The number of benzene rings is 2. The first-order valence-corrected chi connectivity index (χ1v) is 9.53. The number of nitrogens with zero attached hydrogens (tertiary/aromatic N) is 1. The molecule has 0 spiro atoms. The summed E-state index contributed by atoms with van der Waals surface area (Å²) >= 11 is 3.37. The van der Waals surface area contributed by atoms with E-state index in [-0.39, 0.29) is 5.91 Å². The van der Waals surface area contributed by atoms with Gasteiger partial charge in [-0.1, -0.05) is 34.1 Å². The molecule has 0 fully saturated rings. The number of halogens is 1. The zero-order valence-corrected chi connectivity index (χ0v) is 17.2. The third-order valence-corrected chi connectivity index (χ3v) is 4.40. The van der Waals surface area contributed by atoms with Crippen LogP contribution in [0.4, 0.5) is 5.69 Å². The van der Waals surface area contributed by atoms with Crippen molar-refractivity contribution in [3.63, 3.8) is 0 Å². The maximum atomic E-state index is 12.0. The van der Waals surface area contributed by atoms with Crippen LogP contribution in [0.5, 0.6) is 5.75 Å². The van der Waals surface area contributed by atoms with Gasteiger partial charge in [0.05, 0.1) is 7.11 Å². The molecule has 2 aromatic rings. The molecule has 0 aliphatic heterocycles. The maximum absolute atomic E-state index is 12.0. The predicted octanol–water partition coefficient (Wildman–Crippen LogP) is 3.19. The van der Waals surface area contributed by atoms with Gasteiger partial charge < -0.3 is 20.7 Å². The van der Waals surface area contributed by atoms with Gasteiger partial charge in [-0.05, 0) is 42.3 Å². The average molecular weight is 433 g/mol. The summed E-state index contributed by atoms with van der Waals surface area (Å²) in [5.74, 6) is 1.50. The molecule has 0 aliphatic rings. The average Bonchev–Trinajstić information content (AvgIpc) is 2.69. The van der Waals surface area contributed by atoms with Gasteiger partial charge in [-0.15, -0.1) is 0 Å². The van der Waals surface area contributed by atoms with Crippen molar-refractivity contribution in [2.24, 2.45) is 4.99 Å². The Bertz CT molecular complexity index is 763. The molecule has 2 rings (SSSR count).